The van der Waals surface area contributed by atoms with Crippen molar-refractivity contribution in [3.8, 4) is 0 Å². The van der Waals surface area contributed by atoms with Gasteiger partial charge in [-0.25, -0.2) is 0 Å². The summed E-state index contributed by atoms with van der Waals surface area (Å²) in [4.78, 5) is 26.0. The number of carbonyl (C=O) groups excluding carboxylic acids is 2. The standard InChI is InChI=1S/C20H32O4Si2/c1-25(2,3)11-19(23)15-9-7-14(18(19)22)13-8-10-16(21)20(24,17(13)15)12-26(4,5)6/h7-10,13-15,17,23-24H,11-12H2,1-6H3/t13-,14+,15-,17-,19+,20-/m1/s1. The first-order chi connectivity index (χ1) is 11.7. The van der Waals surface area contributed by atoms with Gasteiger partial charge in [0.2, 0.25) is 0 Å². The van der Waals surface area contributed by atoms with Crippen molar-refractivity contribution in [2.45, 2.75) is 62.6 Å². The molecule has 0 radical (unpaired) electrons. The van der Waals surface area contributed by atoms with Crippen molar-refractivity contribution in [1.82, 2.24) is 0 Å². The fraction of sp³-hybridized carbons (Fsp3) is 0.700. The van der Waals surface area contributed by atoms with Crippen LogP contribution in [0.3, 0.4) is 0 Å². The predicted octanol–water partition coefficient (Wildman–Crippen LogP) is 2.88. The molecule has 0 heterocycles. The van der Waals surface area contributed by atoms with E-state index in [1.54, 1.807) is 6.08 Å². The van der Waals surface area contributed by atoms with Crippen LogP contribution in [0.5, 0.6) is 0 Å². The molecular weight excluding hydrogens is 360 g/mol. The summed E-state index contributed by atoms with van der Waals surface area (Å²) < 4.78 is 0. The molecule has 6 heteroatoms. The lowest BCUT2D eigenvalue weighted by atomic mass is 9.50. The zero-order chi connectivity index (χ0) is 19.7. The van der Waals surface area contributed by atoms with Gasteiger partial charge in [0.15, 0.2) is 11.6 Å². The summed E-state index contributed by atoms with van der Waals surface area (Å²) in [6.45, 7) is 12.8. The third-order valence-electron chi connectivity index (χ3n) is 6.07. The molecule has 4 aliphatic carbocycles. The van der Waals surface area contributed by atoms with Gasteiger partial charge in [-0.05, 0) is 24.1 Å². The third-order valence-corrected chi connectivity index (χ3v) is 9.27. The largest absolute Gasteiger partial charge is 0.382 e. The second-order valence-corrected chi connectivity index (χ2v) is 21.9. The Kier molecular flexibility index (Phi) is 4.47. The van der Waals surface area contributed by atoms with Crippen molar-refractivity contribution < 1.29 is 19.8 Å². The maximum Gasteiger partial charge on any atom is 0.186 e. The van der Waals surface area contributed by atoms with Gasteiger partial charge < -0.3 is 10.2 Å². The van der Waals surface area contributed by atoms with Gasteiger partial charge in [0.05, 0.1) is 0 Å². The fourth-order valence-electron chi connectivity index (χ4n) is 5.51. The van der Waals surface area contributed by atoms with Crippen LogP contribution in [0, 0.1) is 23.7 Å². The molecule has 4 nitrogen and oxygen atoms in total. The topological polar surface area (TPSA) is 74.6 Å². The number of aliphatic hydroxyl groups is 2. The molecule has 1 saturated carbocycles. The van der Waals surface area contributed by atoms with Crippen LogP contribution in [0.1, 0.15) is 0 Å². The van der Waals surface area contributed by atoms with E-state index in [-0.39, 0.29) is 17.5 Å². The van der Waals surface area contributed by atoms with Gasteiger partial charge in [-0.2, -0.15) is 0 Å². The quantitative estimate of drug-likeness (QED) is 0.570. The molecule has 144 valence electrons. The summed E-state index contributed by atoms with van der Waals surface area (Å²) in [5.74, 6) is -1.93. The van der Waals surface area contributed by atoms with Gasteiger partial charge in [0, 0.05) is 33.9 Å². The number of rotatable bonds is 4. The van der Waals surface area contributed by atoms with E-state index >= 15 is 0 Å². The Morgan fingerprint density at radius 1 is 0.885 bits per heavy atom. The first kappa shape index (κ1) is 19.9. The second kappa shape index (κ2) is 5.83. The summed E-state index contributed by atoms with van der Waals surface area (Å²) in [6, 6.07) is 0.924. The molecule has 4 rings (SSSR count). The number of carbonyl (C=O) groups is 2. The van der Waals surface area contributed by atoms with Gasteiger partial charge >= 0.3 is 0 Å². The van der Waals surface area contributed by atoms with Crippen LogP contribution in [-0.4, -0.2) is 49.1 Å². The average molecular weight is 393 g/mol. The number of hydrogen-bond donors (Lipinski definition) is 2. The van der Waals surface area contributed by atoms with E-state index in [4.69, 9.17) is 0 Å². The summed E-state index contributed by atoms with van der Waals surface area (Å²) in [5, 5.41) is 23.1. The maximum absolute atomic E-state index is 13.1. The zero-order valence-corrected chi connectivity index (χ0v) is 18.7. The number of Topliss-reactive ketones (excluding diaryl/α,β-unsaturated/α-hetero) is 1. The fourth-order valence-corrected chi connectivity index (χ4v) is 9.56. The van der Waals surface area contributed by atoms with Gasteiger partial charge in [0.25, 0.3) is 0 Å². The highest BCUT2D eigenvalue weighted by atomic mass is 28.3. The molecule has 4 aliphatic rings. The number of ketones is 2. The summed E-state index contributed by atoms with van der Waals surface area (Å²) >= 11 is 0. The van der Waals surface area contributed by atoms with E-state index in [1.165, 1.54) is 6.08 Å². The Morgan fingerprint density at radius 2 is 1.42 bits per heavy atom. The molecule has 0 aromatic carbocycles. The summed E-state index contributed by atoms with van der Waals surface area (Å²) in [6.07, 6.45) is 7.08. The molecule has 2 bridgehead atoms. The smallest absolute Gasteiger partial charge is 0.186 e. The van der Waals surface area contributed by atoms with Crippen LogP contribution in [0.4, 0.5) is 0 Å². The Morgan fingerprint density at radius 3 is 1.96 bits per heavy atom. The molecule has 0 spiro atoms. The lowest BCUT2D eigenvalue weighted by Gasteiger charge is -2.58. The van der Waals surface area contributed by atoms with Gasteiger partial charge in [-0.15, -0.1) is 0 Å². The Balaban J connectivity index is 2.11. The highest BCUT2D eigenvalue weighted by molar-refractivity contribution is 6.77. The van der Waals surface area contributed by atoms with Crippen molar-refractivity contribution in [3.63, 3.8) is 0 Å². The van der Waals surface area contributed by atoms with E-state index in [9.17, 15) is 19.8 Å². The molecule has 0 aromatic rings. The normalized spacial score (nSPS) is 42.3. The molecule has 0 aliphatic heterocycles. The lowest BCUT2D eigenvalue weighted by molar-refractivity contribution is -0.175. The molecule has 6 atom stereocenters. The van der Waals surface area contributed by atoms with Crippen molar-refractivity contribution in [2.24, 2.45) is 23.7 Å². The molecular formula is C20H32O4Si2. The second-order valence-electron chi connectivity index (χ2n) is 11.0. The minimum Gasteiger partial charge on any atom is -0.382 e. The minimum absolute atomic E-state index is 0.122. The van der Waals surface area contributed by atoms with Crippen molar-refractivity contribution in [3.05, 3.63) is 24.3 Å². The molecule has 0 amide bonds. The van der Waals surface area contributed by atoms with Crippen molar-refractivity contribution in [1.29, 1.82) is 0 Å². The average Bonchev–Trinajstić information content (AvgIpc) is 2.44. The monoisotopic (exact) mass is 392 g/mol. The van der Waals surface area contributed by atoms with Crippen LogP contribution in [0.2, 0.25) is 51.4 Å². The van der Waals surface area contributed by atoms with Gasteiger partial charge in [-0.1, -0.05) is 57.5 Å². The highest BCUT2D eigenvalue weighted by Gasteiger charge is 2.66. The van der Waals surface area contributed by atoms with Crippen molar-refractivity contribution in [2.75, 3.05) is 0 Å². The first-order valence-corrected chi connectivity index (χ1v) is 17.0. The zero-order valence-electron chi connectivity index (χ0n) is 16.7. The van der Waals surface area contributed by atoms with E-state index in [2.05, 4.69) is 39.3 Å². The SMILES string of the molecule is C[Si](C)(C)C[C@@]1(O)C(=O)C=C[C@H]2[C@@H]1[C@H]1C=C[C@@H]2C(=O)[C@]1(O)C[Si](C)(C)C. The van der Waals surface area contributed by atoms with Gasteiger partial charge in [-0.3, -0.25) is 9.59 Å². The molecule has 1 fully saturated rings. The Labute approximate surface area is 158 Å². The van der Waals surface area contributed by atoms with Crippen LogP contribution in [0.15, 0.2) is 24.3 Å². The minimum atomic E-state index is -1.76. The first-order valence-electron chi connectivity index (χ1n) is 9.59. The highest BCUT2D eigenvalue weighted by Crippen LogP contribution is 2.57. The van der Waals surface area contributed by atoms with E-state index in [0.717, 1.165) is 0 Å². The maximum atomic E-state index is 13.1. The molecule has 26 heavy (non-hydrogen) atoms. The van der Waals surface area contributed by atoms with E-state index in [0.29, 0.717) is 12.1 Å². The molecule has 0 saturated heterocycles. The van der Waals surface area contributed by atoms with Crippen LogP contribution in [-0.2, 0) is 9.59 Å². The number of hydrogen-bond acceptors (Lipinski definition) is 4. The number of allylic oxidation sites excluding steroid dienone is 2. The van der Waals surface area contributed by atoms with Crippen LogP contribution >= 0.6 is 0 Å². The molecule has 2 N–H and O–H groups in total. The lowest BCUT2D eigenvalue weighted by Crippen LogP contribution is -2.69. The predicted molar refractivity (Wildman–Crippen MR) is 108 cm³/mol. The van der Waals surface area contributed by atoms with E-state index in [1.807, 2.05) is 12.2 Å². The van der Waals surface area contributed by atoms with E-state index < -0.39 is 45.1 Å². The molecule has 0 unspecified atom stereocenters. The third kappa shape index (κ3) is 3.04. The Hall–Kier alpha value is -0.826. The molecule has 0 aromatic heterocycles. The Bertz CT molecular complexity index is 700. The summed E-state index contributed by atoms with van der Waals surface area (Å²) in [5.41, 5.74) is -2.93. The van der Waals surface area contributed by atoms with Gasteiger partial charge in [0.1, 0.15) is 11.2 Å². The van der Waals surface area contributed by atoms with Crippen molar-refractivity contribution >= 4 is 27.7 Å². The van der Waals surface area contributed by atoms with Crippen LogP contribution in [0.25, 0.3) is 0 Å². The summed E-state index contributed by atoms with van der Waals surface area (Å²) in [7, 11) is -3.50. The van der Waals surface area contributed by atoms with Crippen LogP contribution < -0.4 is 0 Å². The number of fused-ring (bicyclic) bond motifs is 1.